The largest absolute Gasteiger partial charge is 0.348 e. The number of carbonyl (C=O) groups excluding carboxylic acids is 1. The lowest BCUT2D eigenvalue weighted by Crippen LogP contribution is -2.48. The van der Waals surface area contributed by atoms with E-state index in [1.54, 1.807) is 6.07 Å². The summed E-state index contributed by atoms with van der Waals surface area (Å²) in [4.78, 5) is 15.5. The molecule has 2 heterocycles. The Morgan fingerprint density at radius 3 is 2.58 bits per heavy atom. The first-order valence-corrected chi connectivity index (χ1v) is 14.8. The molecule has 3 aromatic rings. The van der Waals surface area contributed by atoms with E-state index in [0.717, 1.165) is 48.2 Å². The summed E-state index contributed by atoms with van der Waals surface area (Å²) < 4.78 is 16.0. The van der Waals surface area contributed by atoms with Crippen molar-refractivity contribution in [2.24, 2.45) is 5.92 Å². The van der Waals surface area contributed by atoms with Crippen molar-refractivity contribution >= 4 is 5.91 Å². The molecule has 1 atom stereocenters. The minimum Gasteiger partial charge on any atom is -0.348 e. The SMILES string of the molecule is C[C@H]1CN(Cc2cccc(-c3cc(CNC(=O)c4cccc(CC5CC[N+](C)(C)CC5)c4)ccc3F)c2)CCN1. The number of hydrogen-bond acceptors (Lipinski definition) is 3. The predicted molar refractivity (Wildman–Crippen MR) is 160 cm³/mol. The lowest BCUT2D eigenvalue weighted by Gasteiger charge is -2.37. The van der Waals surface area contributed by atoms with Crippen LogP contribution in [0.15, 0.2) is 66.7 Å². The Hall–Kier alpha value is -3.06. The summed E-state index contributed by atoms with van der Waals surface area (Å²) in [6.45, 7) is 8.85. The van der Waals surface area contributed by atoms with Crippen LogP contribution in [0.3, 0.4) is 0 Å². The van der Waals surface area contributed by atoms with E-state index < -0.39 is 0 Å². The van der Waals surface area contributed by atoms with Gasteiger partial charge in [-0.25, -0.2) is 4.39 Å². The first-order chi connectivity index (χ1) is 19.2. The van der Waals surface area contributed by atoms with Gasteiger partial charge in [0.05, 0.1) is 27.2 Å². The number of carbonyl (C=O) groups is 1. The van der Waals surface area contributed by atoms with Crippen LogP contribution >= 0.6 is 0 Å². The van der Waals surface area contributed by atoms with Gasteiger partial charge in [0.15, 0.2) is 0 Å². The molecule has 40 heavy (non-hydrogen) atoms. The number of hydrogen-bond donors (Lipinski definition) is 2. The van der Waals surface area contributed by atoms with E-state index in [-0.39, 0.29) is 11.7 Å². The van der Waals surface area contributed by atoms with Crippen molar-refractivity contribution in [2.45, 2.75) is 45.3 Å². The molecule has 2 aliphatic rings. The van der Waals surface area contributed by atoms with Crippen molar-refractivity contribution < 1.29 is 13.7 Å². The van der Waals surface area contributed by atoms with Crippen molar-refractivity contribution in [1.29, 1.82) is 0 Å². The number of nitrogens with one attached hydrogen (secondary N) is 2. The summed E-state index contributed by atoms with van der Waals surface area (Å²) in [5.74, 6) is 0.336. The van der Waals surface area contributed by atoms with Gasteiger partial charge >= 0.3 is 0 Å². The molecule has 3 aromatic carbocycles. The summed E-state index contributed by atoms with van der Waals surface area (Å²) in [7, 11) is 4.61. The van der Waals surface area contributed by atoms with Crippen LogP contribution in [0, 0.1) is 11.7 Å². The van der Waals surface area contributed by atoms with Gasteiger partial charge < -0.3 is 15.1 Å². The fraction of sp³-hybridized carbons (Fsp3) is 0.441. The quantitative estimate of drug-likeness (QED) is 0.382. The molecule has 5 rings (SSSR count). The van der Waals surface area contributed by atoms with E-state index in [0.29, 0.717) is 29.6 Å². The number of rotatable bonds is 8. The van der Waals surface area contributed by atoms with E-state index in [2.05, 4.69) is 54.8 Å². The number of benzene rings is 3. The molecule has 0 bridgehead atoms. The smallest absolute Gasteiger partial charge is 0.251 e. The highest BCUT2D eigenvalue weighted by Crippen LogP contribution is 2.27. The molecule has 2 fully saturated rings. The highest BCUT2D eigenvalue weighted by molar-refractivity contribution is 5.94. The van der Waals surface area contributed by atoms with E-state index in [1.165, 1.54) is 43.1 Å². The number of nitrogens with zero attached hydrogens (tertiary/aromatic N) is 2. The molecule has 0 aliphatic carbocycles. The Kier molecular flexibility index (Phi) is 8.99. The first kappa shape index (κ1) is 28.5. The molecular formula is C34H44FN4O+. The van der Waals surface area contributed by atoms with Gasteiger partial charge in [0.1, 0.15) is 5.82 Å². The second-order valence-electron chi connectivity index (χ2n) is 12.5. The molecule has 5 nitrogen and oxygen atoms in total. The number of piperazine rings is 1. The average Bonchev–Trinajstić information content (AvgIpc) is 2.94. The zero-order chi connectivity index (χ0) is 28.1. The van der Waals surface area contributed by atoms with E-state index in [9.17, 15) is 9.18 Å². The Bertz CT molecular complexity index is 1310. The maximum absolute atomic E-state index is 14.9. The van der Waals surface area contributed by atoms with Crippen molar-refractivity contribution in [1.82, 2.24) is 15.5 Å². The highest BCUT2D eigenvalue weighted by Gasteiger charge is 2.26. The van der Waals surface area contributed by atoms with Crippen LogP contribution in [-0.4, -0.2) is 68.2 Å². The Balaban J connectivity index is 1.21. The van der Waals surface area contributed by atoms with Gasteiger partial charge in [-0.1, -0.05) is 36.4 Å². The maximum atomic E-state index is 14.9. The fourth-order valence-corrected chi connectivity index (χ4v) is 6.14. The van der Waals surface area contributed by atoms with Crippen LogP contribution in [0.2, 0.25) is 0 Å². The zero-order valence-corrected chi connectivity index (χ0v) is 24.3. The lowest BCUT2D eigenvalue weighted by molar-refractivity contribution is -0.896. The molecule has 0 spiro atoms. The third-order valence-electron chi connectivity index (χ3n) is 8.58. The standard InChI is InChI=1S/C34H43FN4O/c1-25-23-38(15-14-36-25)24-29-7-5-8-30(20-29)32-21-28(10-11-33(32)35)22-37-34(40)31-9-4-6-27(19-31)18-26-12-16-39(2,3)17-13-26/h4-11,19-21,25-26,36H,12-18,22-24H2,1-3H3/p+1/t25-/m0/s1. The third kappa shape index (κ3) is 7.57. The normalized spacial score (nSPS) is 19.9. The number of quaternary nitrogens is 1. The fourth-order valence-electron chi connectivity index (χ4n) is 6.14. The van der Waals surface area contributed by atoms with Crippen LogP contribution in [0.25, 0.3) is 11.1 Å². The molecule has 0 unspecified atom stereocenters. The van der Waals surface area contributed by atoms with E-state index in [1.807, 2.05) is 36.4 Å². The summed E-state index contributed by atoms with van der Waals surface area (Å²) >= 11 is 0. The molecular weight excluding hydrogens is 499 g/mol. The van der Waals surface area contributed by atoms with E-state index in [4.69, 9.17) is 0 Å². The zero-order valence-electron chi connectivity index (χ0n) is 24.3. The number of halogens is 1. The van der Waals surface area contributed by atoms with Crippen molar-refractivity contribution in [3.8, 4) is 11.1 Å². The van der Waals surface area contributed by atoms with Gasteiger partial charge in [0.2, 0.25) is 0 Å². The molecule has 0 aromatic heterocycles. The van der Waals surface area contributed by atoms with Crippen LogP contribution < -0.4 is 10.6 Å². The molecule has 0 saturated carbocycles. The van der Waals surface area contributed by atoms with Gasteiger partial charge in [-0.05, 0) is 84.7 Å². The van der Waals surface area contributed by atoms with E-state index >= 15 is 0 Å². The van der Waals surface area contributed by atoms with Crippen LogP contribution in [0.4, 0.5) is 4.39 Å². The minimum absolute atomic E-state index is 0.0959. The second kappa shape index (κ2) is 12.6. The third-order valence-corrected chi connectivity index (χ3v) is 8.58. The van der Waals surface area contributed by atoms with Crippen LogP contribution in [0.1, 0.15) is 46.8 Å². The Labute approximate surface area is 239 Å². The van der Waals surface area contributed by atoms with Crippen molar-refractivity contribution in [2.75, 3.05) is 46.8 Å². The summed E-state index contributed by atoms with van der Waals surface area (Å²) in [6.07, 6.45) is 3.48. The first-order valence-electron chi connectivity index (χ1n) is 14.8. The molecule has 2 saturated heterocycles. The maximum Gasteiger partial charge on any atom is 0.251 e. The summed E-state index contributed by atoms with van der Waals surface area (Å²) in [6, 6.07) is 21.8. The molecule has 0 radical (unpaired) electrons. The van der Waals surface area contributed by atoms with Gasteiger partial charge in [-0.15, -0.1) is 0 Å². The molecule has 1 amide bonds. The van der Waals surface area contributed by atoms with Crippen molar-refractivity contribution in [3.05, 3.63) is 94.8 Å². The second-order valence-corrected chi connectivity index (χ2v) is 12.5. The highest BCUT2D eigenvalue weighted by atomic mass is 19.1. The molecule has 2 N–H and O–H groups in total. The minimum atomic E-state index is -0.249. The van der Waals surface area contributed by atoms with Gasteiger partial charge in [-0.2, -0.15) is 0 Å². The summed E-state index contributed by atoms with van der Waals surface area (Å²) in [5.41, 5.74) is 5.40. The number of likely N-dealkylation sites (tertiary alicyclic amines) is 1. The number of amides is 1. The van der Waals surface area contributed by atoms with Crippen molar-refractivity contribution in [3.63, 3.8) is 0 Å². The Morgan fingerprint density at radius 2 is 1.77 bits per heavy atom. The monoisotopic (exact) mass is 543 g/mol. The van der Waals surface area contributed by atoms with Gasteiger partial charge in [0, 0.05) is 49.9 Å². The molecule has 2 aliphatic heterocycles. The lowest BCUT2D eigenvalue weighted by atomic mass is 9.89. The summed E-state index contributed by atoms with van der Waals surface area (Å²) in [5, 5.41) is 6.53. The molecule has 6 heteroatoms. The van der Waals surface area contributed by atoms with Gasteiger partial charge in [0.25, 0.3) is 5.91 Å². The topological polar surface area (TPSA) is 44.4 Å². The Morgan fingerprint density at radius 1 is 1.00 bits per heavy atom. The number of piperidine rings is 1. The van der Waals surface area contributed by atoms with Crippen LogP contribution in [0.5, 0.6) is 0 Å². The van der Waals surface area contributed by atoms with Gasteiger partial charge in [-0.3, -0.25) is 9.69 Å². The predicted octanol–water partition coefficient (Wildman–Crippen LogP) is 5.25. The van der Waals surface area contributed by atoms with Crippen LogP contribution in [-0.2, 0) is 19.5 Å². The molecule has 212 valence electrons. The average molecular weight is 544 g/mol.